The molecule has 0 fully saturated rings. The van der Waals surface area contributed by atoms with Crippen molar-refractivity contribution in [2.24, 2.45) is 5.92 Å². The van der Waals surface area contributed by atoms with Crippen LogP contribution in [-0.4, -0.2) is 12.6 Å². The van der Waals surface area contributed by atoms with E-state index in [1.807, 2.05) is 0 Å². The Balaban J connectivity index is 2.64. The molecule has 0 spiro atoms. The first-order chi connectivity index (χ1) is 7.63. The van der Waals surface area contributed by atoms with Crippen molar-refractivity contribution < 1.29 is 0 Å². The predicted octanol–water partition coefficient (Wildman–Crippen LogP) is 3.56. The zero-order valence-electron chi connectivity index (χ0n) is 11.1. The molecule has 0 amide bonds. The fourth-order valence-electron chi connectivity index (χ4n) is 2.20. The largest absolute Gasteiger partial charge is 0.314 e. The van der Waals surface area contributed by atoms with Crippen LogP contribution in [0, 0.1) is 12.8 Å². The van der Waals surface area contributed by atoms with Gasteiger partial charge in [-0.3, -0.25) is 0 Å². The summed E-state index contributed by atoms with van der Waals surface area (Å²) in [6, 6.07) is 9.32. The lowest BCUT2D eigenvalue weighted by Crippen LogP contribution is -2.32. The fourth-order valence-corrected chi connectivity index (χ4v) is 2.20. The van der Waals surface area contributed by atoms with Gasteiger partial charge in [0.1, 0.15) is 0 Å². The van der Waals surface area contributed by atoms with Crippen molar-refractivity contribution in [1.82, 2.24) is 5.32 Å². The van der Waals surface area contributed by atoms with Crippen molar-refractivity contribution in [3.05, 3.63) is 35.4 Å². The smallest absolute Gasteiger partial charge is 0.0110 e. The molecule has 0 saturated carbocycles. The second-order valence-corrected chi connectivity index (χ2v) is 5.01. The normalized spacial score (nSPS) is 13.1. The van der Waals surface area contributed by atoms with E-state index < -0.39 is 0 Å². The molecule has 1 heteroatoms. The molecule has 0 bridgehead atoms. The summed E-state index contributed by atoms with van der Waals surface area (Å²) in [5.74, 6) is 0.757. The molecular formula is C15H25N. The minimum absolute atomic E-state index is 0.617. The van der Waals surface area contributed by atoms with Crippen LogP contribution in [0.15, 0.2) is 24.3 Å². The van der Waals surface area contributed by atoms with Crippen LogP contribution in [-0.2, 0) is 6.42 Å². The first-order valence-corrected chi connectivity index (χ1v) is 6.41. The Kier molecular flexibility index (Phi) is 5.54. The molecule has 0 aliphatic rings. The molecule has 1 N–H and O–H groups in total. The lowest BCUT2D eigenvalue weighted by atomic mass is 9.95. The Morgan fingerprint density at radius 1 is 1.19 bits per heavy atom. The zero-order chi connectivity index (χ0) is 12.0. The van der Waals surface area contributed by atoms with Gasteiger partial charge in [-0.25, -0.2) is 0 Å². The number of benzene rings is 1. The van der Waals surface area contributed by atoms with E-state index in [0.717, 1.165) is 18.9 Å². The van der Waals surface area contributed by atoms with E-state index in [1.165, 1.54) is 17.5 Å². The maximum atomic E-state index is 3.59. The summed E-state index contributed by atoms with van der Waals surface area (Å²) in [5, 5.41) is 3.59. The number of aryl methyl sites for hydroxylation is 1. The highest BCUT2D eigenvalue weighted by molar-refractivity contribution is 5.26. The summed E-state index contributed by atoms with van der Waals surface area (Å²) in [4.78, 5) is 0. The second kappa shape index (κ2) is 6.70. The van der Waals surface area contributed by atoms with Gasteiger partial charge in [-0.1, -0.05) is 45.0 Å². The third-order valence-corrected chi connectivity index (χ3v) is 2.98. The van der Waals surface area contributed by atoms with Gasteiger partial charge in [0, 0.05) is 6.04 Å². The van der Waals surface area contributed by atoms with Crippen LogP contribution in [0.2, 0.25) is 0 Å². The summed E-state index contributed by atoms with van der Waals surface area (Å²) in [6.07, 6.45) is 2.40. The quantitative estimate of drug-likeness (QED) is 0.771. The Hall–Kier alpha value is -0.820. The van der Waals surface area contributed by atoms with Crippen LogP contribution in [0.3, 0.4) is 0 Å². The molecule has 1 aromatic carbocycles. The monoisotopic (exact) mass is 219 g/mol. The van der Waals surface area contributed by atoms with Crippen molar-refractivity contribution in [2.75, 3.05) is 6.54 Å². The van der Waals surface area contributed by atoms with Gasteiger partial charge in [-0.05, 0) is 43.4 Å². The SMILES string of the molecule is CCNC(Cc1ccccc1C)CC(C)C. The highest BCUT2D eigenvalue weighted by Gasteiger charge is 2.11. The topological polar surface area (TPSA) is 12.0 Å². The van der Waals surface area contributed by atoms with Crippen molar-refractivity contribution in [2.45, 2.75) is 46.6 Å². The second-order valence-electron chi connectivity index (χ2n) is 5.01. The van der Waals surface area contributed by atoms with Crippen LogP contribution >= 0.6 is 0 Å². The van der Waals surface area contributed by atoms with E-state index in [4.69, 9.17) is 0 Å². The third kappa shape index (κ3) is 4.36. The van der Waals surface area contributed by atoms with Gasteiger partial charge in [0.05, 0.1) is 0 Å². The standard InChI is InChI=1S/C15H25N/c1-5-16-15(10-12(2)3)11-14-9-7-6-8-13(14)4/h6-9,12,15-16H,5,10-11H2,1-4H3. The van der Waals surface area contributed by atoms with E-state index in [1.54, 1.807) is 0 Å². The summed E-state index contributed by atoms with van der Waals surface area (Å²) >= 11 is 0. The van der Waals surface area contributed by atoms with Crippen molar-refractivity contribution in [3.63, 3.8) is 0 Å². The Bertz CT molecular complexity index is 304. The van der Waals surface area contributed by atoms with E-state index in [-0.39, 0.29) is 0 Å². The minimum atomic E-state index is 0.617. The van der Waals surface area contributed by atoms with E-state index in [2.05, 4.69) is 57.3 Å². The van der Waals surface area contributed by atoms with Crippen LogP contribution in [0.1, 0.15) is 38.3 Å². The molecule has 0 heterocycles. The van der Waals surface area contributed by atoms with Gasteiger partial charge in [0.2, 0.25) is 0 Å². The summed E-state index contributed by atoms with van der Waals surface area (Å²) in [7, 11) is 0. The van der Waals surface area contributed by atoms with Crippen LogP contribution in [0.5, 0.6) is 0 Å². The predicted molar refractivity (Wildman–Crippen MR) is 71.8 cm³/mol. The van der Waals surface area contributed by atoms with Gasteiger partial charge in [0.15, 0.2) is 0 Å². The van der Waals surface area contributed by atoms with Gasteiger partial charge in [0.25, 0.3) is 0 Å². The average Bonchev–Trinajstić information content (AvgIpc) is 2.21. The Labute approximate surface area is 100 Å². The minimum Gasteiger partial charge on any atom is -0.314 e. The van der Waals surface area contributed by atoms with Crippen molar-refractivity contribution >= 4 is 0 Å². The Morgan fingerprint density at radius 2 is 1.88 bits per heavy atom. The van der Waals surface area contributed by atoms with Crippen LogP contribution in [0.4, 0.5) is 0 Å². The van der Waals surface area contributed by atoms with Gasteiger partial charge < -0.3 is 5.32 Å². The number of likely N-dealkylation sites (N-methyl/N-ethyl adjacent to an activating group) is 1. The number of nitrogens with one attached hydrogen (secondary N) is 1. The van der Waals surface area contributed by atoms with Crippen LogP contribution in [0.25, 0.3) is 0 Å². The molecule has 0 saturated heterocycles. The van der Waals surface area contributed by atoms with Crippen LogP contribution < -0.4 is 5.32 Å². The number of rotatable bonds is 6. The summed E-state index contributed by atoms with van der Waals surface area (Å²) in [6.45, 7) is 10.0. The summed E-state index contributed by atoms with van der Waals surface area (Å²) < 4.78 is 0. The first-order valence-electron chi connectivity index (χ1n) is 6.41. The molecule has 1 atom stereocenters. The molecular weight excluding hydrogens is 194 g/mol. The fraction of sp³-hybridized carbons (Fsp3) is 0.600. The molecule has 0 radical (unpaired) electrons. The molecule has 0 aliphatic heterocycles. The van der Waals surface area contributed by atoms with Crippen molar-refractivity contribution in [1.29, 1.82) is 0 Å². The van der Waals surface area contributed by atoms with Gasteiger partial charge in [-0.15, -0.1) is 0 Å². The van der Waals surface area contributed by atoms with E-state index in [0.29, 0.717) is 6.04 Å². The molecule has 1 nitrogen and oxygen atoms in total. The van der Waals surface area contributed by atoms with E-state index in [9.17, 15) is 0 Å². The molecule has 90 valence electrons. The van der Waals surface area contributed by atoms with Gasteiger partial charge in [-0.2, -0.15) is 0 Å². The average molecular weight is 219 g/mol. The third-order valence-electron chi connectivity index (χ3n) is 2.98. The number of hydrogen-bond acceptors (Lipinski definition) is 1. The molecule has 16 heavy (non-hydrogen) atoms. The highest BCUT2D eigenvalue weighted by Crippen LogP contribution is 2.14. The lowest BCUT2D eigenvalue weighted by molar-refractivity contribution is 0.423. The van der Waals surface area contributed by atoms with Crippen molar-refractivity contribution in [3.8, 4) is 0 Å². The lowest BCUT2D eigenvalue weighted by Gasteiger charge is -2.20. The number of hydrogen-bond donors (Lipinski definition) is 1. The molecule has 1 unspecified atom stereocenters. The molecule has 1 aromatic rings. The first kappa shape index (κ1) is 13.2. The molecule has 0 aromatic heterocycles. The molecule has 1 rings (SSSR count). The molecule has 0 aliphatic carbocycles. The maximum Gasteiger partial charge on any atom is 0.0110 e. The highest BCUT2D eigenvalue weighted by atomic mass is 14.9. The Morgan fingerprint density at radius 3 is 2.44 bits per heavy atom. The van der Waals surface area contributed by atoms with E-state index >= 15 is 0 Å². The maximum absolute atomic E-state index is 3.59. The van der Waals surface area contributed by atoms with Gasteiger partial charge >= 0.3 is 0 Å². The summed E-state index contributed by atoms with van der Waals surface area (Å²) in [5.41, 5.74) is 2.89. The zero-order valence-corrected chi connectivity index (χ0v) is 11.1.